The van der Waals surface area contributed by atoms with Crippen LogP contribution in [0.4, 0.5) is 0 Å². The standard InChI is InChI=1S/C29H42N4O4/c1-19(27(35)31-12-13-33-14-16-37-17-15-33)23-8-10-29(3)11-9-24(20(2)25(29)26(23)34)32-28(36)22-6-4-21(18-30)5-7-22/h4-7,19-20,23-26,34H,8-17H2,1-3H3,(H,31,35)(H,32,36)/t19-,20+,23-,24-,25+,26-,29-/m0/s1. The van der Waals surface area contributed by atoms with Crippen LogP contribution in [0.1, 0.15) is 62.4 Å². The van der Waals surface area contributed by atoms with Gasteiger partial charge in [0.1, 0.15) is 0 Å². The van der Waals surface area contributed by atoms with E-state index < -0.39 is 6.10 Å². The number of carbonyl (C=O) groups excluding carboxylic acids is 2. The van der Waals surface area contributed by atoms with E-state index in [-0.39, 0.29) is 46.9 Å². The van der Waals surface area contributed by atoms with E-state index in [1.165, 1.54) is 0 Å². The summed E-state index contributed by atoms with van der Waals surface area (Å²) >= 11 is 0. The lowest BCUT2D eigenvalue weighted by molar-refractivity contribution is -0.142. The molecule has 1 aromatic rings. The van der Waals surface area contributed by atoms with Crippen molar-refractivity contribution in [2.75, 3.05) is 39.4 Å². The molecule has 1 saturated heterocycles. The van der Waals surface area contributed by atoms with Crippen molar-refractivity contribution in [2.24, 2.45) is 29.1 Å². The van der Waals surface area contributed by atoms with Crippen molar-refractivity contribution in [3.8, 4) is 6.07 Å². The highest BCUT2D eigenvalue weighted by Gasteiger charge is 2.53. The highest BCUT2D eigenvalue weighted by Crippen LogP contribution is 2.55. The van der Waals surface area contributed by atoms with Crippen LogP contribution >= 0.6 is 0 Å². The average molecular weight is 511 g/mol. The fourth-order valence-corrected chi connectivity index (χ4v) is 6.96. The molecule has 2 saturated carbocycles. The van der Waals surface area contributed by atoms with Gasteiger partial charge in [0.15, 0.2) is 0 Å². The minimum absolute atomic E-state index is 0.00245. The molecule has 8 nitrogen and oxygen atoms in total. The summed E-state index contributed by atoms with van der Waals surface area (Å²) in [5.74, 6) is -0.429. The van der Waals surface area contributed by atoms with Crippen LogP contribution in [0.15, 0.2) is 24.3 Å². The molecule has 4 rings (SSSR count). The molecule has 0 radical (unpaired) electrons. The summed E-state index contributed by atoms with van der Waals surface area (Å²) in [6, 6.07) is 8.68. The van der Waals surface area contributed by atoms with Crippen molar-refractivity contribution in [3.63, 3.8) is 0 Å². The Balaban J connectivity index is 1.36. The van der Waals surface area contributed by atoms with Crippen LogP contribution < -0.4 is 10.6 Å². The number of nitriles is 1. The lowest BCUT2D eigenvalue weighted by Crippen LogP contribution is -2.58. The summed E-state index contributed by atoms with van der Waals surface area (Å²) in [4.78, 5) is 28.3. The number of rotatable bonds is 7. The van der Waals surface area contributed by atoms with E-state index in [1.807, 2.05) is 6.92 Å². The summed E-state index contributed by atoms with van der Waals surface area (Å²) in [6.45, 7) is 11.0. The molecule has 1 heterocycles. The number of aliphatic hydroxyl groups excluding tert-OH is 1. The normalized spacial score (nSPS) is 33.0. The lowest BCUT2D eigenvalue weighted by atomic mass is 9.51. The van der Waals surface area contributed by atoms with E-state index in [1.54, 1.807) is 24.3 Å². The van der Waals surface area contributed by atoms with E-state index in [0.29, 0.717) is 17.7 Å². The van der Waals surface area contributed by atoms with Crippen molar-refractivity contribution in [2.45, 2.75) is 58.6 Å². The second kappa shape index (κ2) is 11.9. The van der Waals surface area contributed by atoms with E-state index in [9.17, 15) is 14.7 Å². The van der Waals surface area contributed by atoms with E-state index in [4.69, 9.17) is 10.00 Å². The van der Waals surface area contributed by atoms with Gasteiger partial charge >= 0.3 is 0 Å². The Hall–Kier alpha value is -2.47. The third-order valence-corrected chi connectivity index (χ3v) is 9.37. The lowest BCUT2D eigenvalue weighted by Gasteiger charge is -2.56. The molecule has 202 valence electrons. The Morgan fingerprint density at radius 1 is 1.22 bits per heavy atom. The van der Waals surface area contributed by atoms with Crippen molar-refractivity contribution in [1.29, 1.82) is 5.26 Å². The van der Waals surface area contributed by atoms with Gasteiger partial charge in [-0.1, -0.05) is 20.8 Å². The van der Waals surface area contributed by atoms with Gasteiger partial charge in [-0.2, -0.15) is 5.26 Å². The molecule has 0 unspecified atom stereocenters. The third kappa shape index (κ3) is 6.17. The maximum Gasteiger partial charge on any atom is 0.251 e. The number of hydrogen-bond acceptors (Lipinski definition) is 6. The second-order valence-electron chi connectivity index (χ2n) is 11.6. The first-order chi connectivity index (χ1) is 17.7. The largest absolute Gasteiger partial charge is 0.392 e. The Kier molecular flexibility index (Phi) is 8.89. The zero-order valence-corrected chi connectivity index (χ0v) is 22.4. The van der Waals surface area contributed by atoms with Crippen LogP contribution in [0.2, 0.25) is 0 Å². The second-order valence-corrected chi connectivity index (χ2v) is 11.6. The first kappa shape index (κ1) is 27.6. The van der Waals surface area contributed by atoms with Gasteiger partial charge < -0.3 is 20.5 Å². The van der Waals surface area contributed by atoms with Gasteiger partial charge in [0.25, 0.3) is 5.91 Å². The number of ether oxygens (including phenoxy) is 1. The van der Waals surface area contributed by atoms with Crippen LogP contribution in [0.25, 0.3) is 0 Å². The minimum atomic E-state index is -0.594. The fourth-order valence-electron chi connectivity index (χ4n) is 6.96. The molecule has 0 spiro atoms. The molecule has 3 fully saturated rings. The summed E-state index contributed by atoms with van der Waals surface area (Å²) in [5.41, 5.74) is 1.05. The number of morpholine rings is 1. The van der Waals surface area contributed by atoms with Gasteiger partial charge in [-0.3, -0.25) is 14.5 Å². The number of fused-ring (bicyclic) bond motifs is 1. The number of amides is 2. The number of benzene rings is 1. The monoisotopic (exact) mass is 510 g/mol. The van der Waals surface area contributed by atoms with Crippen LogP contribution in [-0.4, -0.2) is 73.4 Å². The molecule has 2 aliphatic carbocycles. The van der Waals surface area contributed by atoms with E-state index in [2.05, 4.69) is 35.5 Å². The quantitative estimate of drug-likeness (QED) is 0.519. The first-order valence-corrected chi connectivity index (χ1v) is 13.8. The maximum absolute atomic E-state index is 13.0. The summed E-state index contributed by atoms with van der Waals surface area (Å²) < 4.78 is 5.39. The fraction of sp³-hybridized carbons (Fsp3) is 0.690. The van der Waals surface area contributed by atoms with E-state index in [0.717, 1.165) is 58.5 Å². The summed E-state index contributed by atoms with van der Waals surface area (Å²) in [5, 5.41) is 26.9. The van der Waals surface area contributed by atoms with Gasteiger partial charge in [-0.05, 0) is 73.1 Å². The highest BCUT2D eigenvalue weighted by molar-refractivity contribution is 5.94. The topological polar surface area (TPSA) is 115 Å². The summed E-state index contributed by atoms with van der Waals surface area (Å²) in [7, 11) is 0. The number of nitrogens with one attached hydrogen (secondary N) is 2. The van der Waals surface area contributed by atoms with Gasteiger partial charge in [0.05, 0.1) is 31.0 Å². The number of hydrogen-bond donors (Lipinski definition) is 3. The molecule has 0 bridgehead atoms. The van der Waals surface area contributed by atoms with Crippen LogP contribution in [0.3, 0.4) is 0 Å². The number of aliphatic hydroxyl groups is 1. The third-order valence-electron chi connectivity index (χ3n) is 9.37. The molecular weight excluding hydrogens is 468 g/mol. The van der Waals surface area contributed by atoms with Gasteiger partial charge in [-0.25, -0.2) is 0 Å². The molecule has 8 heteroatoms. The summed E-state index contributed by atoms with van der Waals surface area (Å²) in [6.07, 6.45) is 3.02. The Bertz CT molecular complexity index is 987. The zero-order chi connectivity index (χ0) is 26.6. The van der Waals surface area contributed by atoms with E-state index >= 15 is 0 Å². The van der Waals surface area contributed by atoms with Crippen molar-refractivity contribution < 1.29 is 19.4 Å². The molecule has 3 aliphatic rings. The smallest absolute Gasteiger partial charge is 0.251 e. The Morgan fingerprint density at radius 2 is 1.89 bits per heavy atom. The zero-order valence-electron chi connectivity index (χ0n) is 22.4. The molecule has 3 N–H and O–H groups in total. The molecule has 2 amide bonds. The Labute approximate surface area is 220 Å². The maximum atomic E-state index is 13.0. The van der Waals surface area contributed by atoms with Crippen molar-refractivity contribution in [1.82, 2.24) is 15.5 Å². The van der Waals surface area contributed by atoms with Crippen LogP contribution in [-0.2, 0) is 9.53 Å². The predicted molar refractivity (Wildman–Crippen MR) is 141 cm³/mol. The molecule has 1 aromatic carbocycles. The highest BCUT2D eigenvalue weighted by atomic mass is 16.5. The molecular formula is C29H42N4O4. The predicted octanol–water partition coefficient (Wildman–Crippen LogP) is 2.56. The van der Waals surface area contributed by atoms with Crippen molar-refractivity contribution >= 4 is 11.8 Å². The average Bonchev–Trinajstić information content (AvgIpc) is 2.90. The minimum Gasteiger partial charge on any atom is -0.392 e. The molecule has 1 aliphatic heterocycles. The molecule has 0 aromatic heterocycles. The van der Waals surface area contributed by atoms with Crippen molar-refractivity contribution in [3.05, 3.63) is 35.4 Å². The van der Waals surface area contributed by atoms with Gasteiger partial charge in [0, 0.05) is 43.7 Å². The molecule has 7 atom stereocenters. The number of nitrogens with zero attached hydrogens (tertiary/aromatic N) is 2. The van der Waals surface area contributed by atoms with Gasteiger partial charge in [0.2, 0.25) is 5.91 Å². The van der Waals surface area contributed by atoms with Crippen LogP contribution in [0, 0.1) is 40.4 Å². The molecule has 37 heavy (non-hydrogen) atoms. The first-order valence-electron chi connectivity index (χ1n) is 13.8. The van der Waals surface area contributed by atoms with Gasteiger partial charge in [-0.15, -0.1) is 0 Å². The van der Waals surface area contributed by atoms with Crippen LogP contribution in [0.5, 0.6) is 0 Å². The SMILES string of the molecule is C[C@H]1[C@@H]2[C@@H](O)[C@H]([C@H](C)C(=O)NCCN3CCOCC3)CC[C@@]2(C)CC[C@@H]1NC(=O)c1ccc(C#N)cc1. The number of carbonyl (C=O) groups is 2. The Morgan fingerprint density at radius 3 is 2.57 bits per heavy atom.